The Bertz CT molecular complexity index is 686. The Morgan fingerprint density at radius 3 is 2.92 bits per heavy atom. The fraction of sp³-hybridized carbons (Fsp3) is 0.706. The lowest BCUT2D eigenvalue weighted by Crippen LogP contribution is -2.39. The van der Waals surface area contributed by atoms with Gasteiger partial charge in [-0.05, 0) is 20.4 Å². The zero-order chi connectivity index (χ0) is 18.0. The quantitative estimate of drug-likeness (QED) is 0.761. The average Bonchev–Trinajstić information content (AvgIpc) is 3.28. The maximum absolute atomic E-state index is 14.0. The van der Waals surface area contributed by atoms with Gasteiger partial charge in [-0.3, -0.25) is 14.5 Å². The number of nitrogens with zero attached hydrogens (tertiary/aromatic N) is 6. The average molecular weight is 350 g/mol. The second-order valence-electron chi connectivity index (χ2n) is 6.96. The van der Waals surface area contributed by atoms with Crippen molar-refractivity contribution in [2.45, 2.75) is 51.5 Å². The summed E-state index contributed by atoms with van der Waals surface area (Å²) in [5, 5.41) is 8.16. The number of likely N-dealkylation sites (N-methyl/N-ethyl adjacent to an activating group) is 1. The third-order valence-electron chi connectivity index (χ3n) is 4.94. The van der Waals surface area contributed by atoms with Crippen LogP contribution in [0.1, 0.15) is 43.6 Å². The number of halogens is 1. The Labute approximate surface area is 147 Å². The Kier molecular flexibility index (Phi) is 5.48. The normalized spacial score (nSPS) is 22.8. The Morgan fingerprint density at radius 2 is 2.28 bits per heavy atom. The first-order chi connectivity index (χ1) is 12.0. The first-order valence-electron chi connectivity index (χ1n) is 8.84. The van der Waals surface area contributed by atoms with E-state index in [1.807, 2.05) is 40.3 Å². The van der Waals surface area contributed by atoms with Crippen LogP contribution in [-0.4, -0.2) is 62.1 Å². The highest BCUT2D eigenvalue weighted by Crippen LogP contribution is 2.26. The molecule has 138 valence electrons. The second-order valence-corrected chi connectivity index (χ2v) is 6.96. The molecular weight excluding hydrogens is 323 g/mol. The van der Waals surface area contributed by atoms with Gasteiger partial charge in [-0.25, -0.2) is 4.39 Å². The molecule has 7 nitrogen and oxygen atoms in total. The molecule has 0 bridgehead atoms. The Balaban J connectivity index is 1.62. The van der Waals surface area contributed by atoms with Crippen LogP contribution >= 0.6 is 0 Å². The van der Waals surface area contributed by atoms with Gasteiger partial charge in [-0.15, -0.1) is 0 Å². The van der Waals surface area contributed by atoms with E-state index in [0.29, 0.717) is 18.9 Å². The number of rotatable bonds is 7. The lowest BCUT2D eigenvalue weighted by atomic mass is 10.1. The van der Waals surface area contributed by atoms with E-state index in [9.17, 15) is 4.39 Å². The van der Waals surface area contributed by atoms with Gasteiger partial charge in [-0.1, -0.05) is 12.1 Å². The van der Waals surface area contributed by atoms with E-state index in [-0.39, 0.29) is 12.1 Å². The summed E-state index contributed by atoms with van der Waals surface area (Å²) in [6, 6.07) is 0.169. The number of likely N-dealkylation sites (tertiary alicyclic amines) is 1. The van der Waals surface area contributed by atoms with Gasteiger partial charge in [0, 0.05) is 50.9 Å². The predicted octanol–water partition coefficient (Wildman–Crippen LogP) is 1.97. The van der Waals surface area contributed by atoms with Crippen molar-refractivity contribution in [3.63, 3.8) is 0 Å². The molecule has 3 rings (SSSR count). The molecule has 0 spiro atoms. The highest BCUT2D eigenvalue weighted by molar-refractivity contribution is 5.05. The fourth-order valence-corrected chi connectivity index (χ4v) is 3.35. The molecule has 0 radical (unpaired) electrons. The van der Waals surface area contributed by atoms with Crippen molar-refractivity contribution in [1.29, 1.82) is 0 Å². The van der Waals surface area contributed by atoms with Crippen LogP contribution in [0.3, 0.4) is 0 Å². The fourth-order valence-electron chi connectivity index (χ4n) is 3.35. The van der Waals surface area contributed by atoms with Crippen LogP contribution in [0.25, 0.3) is 0 Å². The maximum Gasteiger partial charge on any atom is 0.243 e. The molecule has 3 heterocycles. The molecule has 0 saturated carbocycles. The number of aryl methyl sites for hydroxylation is 2. The molecule has 1 fully saturated rings. The van der Waals surface area contributed by atoms with Crippen molar-refractivity contribution in [1.82, 2.24) is 29.7 Å². The van der Waals surface area contributed by atoms with E-state index < -0.39 is 6.17 Å². The van der Waals surface area contributed by atoms with Crippen LogP contribution < -0.4 is 0 Å². The molecule has 0 aromatic carbocycles. The summed E-state index contributed by atoms with van der Waals surface area (Å²) in [5.74, 6) is 1.34. The van der Waals surface area contributed by atoms with Crippen molar-refractivity contribution < 1.29 is 8.91 Å². The van der Waals surface area contributed by atoms with Crippen molar-refractivity contribution in [3.8, 4) is 0 Å². The summed E-state index contributed by atoms with van der Waals surface area (Å²) in [6.45, 7) is 6.00. The third-order valence-corrected chi connectivity index (χ3v) is 4.94. The van der Waals surface area contributed by atoms with Crippen LogP contribution in [0.5, 0.6) is 0 Å². The monoisotopic (exact) mass is 350 g/mol. The molecule has 1 unspecified atom stereocenters. The van der Waals surface area contributed by atoms with Crippen LogP contribution in [0.2, 0.25) is 0 Å². The topological polar surface area (TPSA) is 63.2 Å². The molecule has 0 amide bonds. The van der Waals surface area contributed by atoms with Gasteiger partial charge >= 0.3 is 0 Å². The van der Waals surface area contributed by atoms with Gasteiger partial charge in [0.1, 0.15) is 6.17 Å². The van der Waals surface area contributed by atoms with E-state index in [1.54, 1.807) is 4.68 Å². The van der Waals surface area contributed by atoms with Crippen molar-refractivity contribution >= 4 is 0 Å². The molecule has 1 aliphatic rings. The molecule has 1 aliphatic heterocycles. The molecule has 3 atom stereocenters. The highest BCUT2D eigenvalue weighted by Gasteiger charge is 2.34. The Hall–Kier alpha value is -1.80. The van der Waals surface area contributed by atoms with Crippen molar-refractivity contribution in [3.05, 3.63) is 29.7 Å². The maximum atomic E-state index is 14.0. The minimum absolute atomic E-state index is 0.00621. The minimum atomic E-state index is -0.777. The standard InChI is InChI=1S/C17H27FN6O/c1-5-16-20-17(25-21-16)12(2)22(3)11-15-6-14(18)10-24(15)9-13-7-19-23(4)8-13/h7-8,12,14-15H,5-6,9-11H2,1-4H3/t12?,14-,15-/m0/s1. The van der Waals surface area contributed by atoms with Crippen LogP contribution in [0.15, 0.2) is 16.9 Å². The second kappa shape index (κ2) is 7.61. The smallest absolute Gasteiger partial charge is 0.243 e. The molecule has 8 heteroatoms. The van der Waals surface area contributed by atoms with E-state index in [1.165, 1.54) is 0 Å². The summed E-state index contributed by atoms with van der Waals surface area (Å²) in [6.07, 6.45) is 4.37. The first-order valence-corrected chi connectivity index (χ1v) is 8.84. The molecule has 0 N–H and O–H groups in total. The summed E-state index contributed by atoms with van der Waals surface area (Å²) in [4.78, 5) is 8.77. The summed E-state index contributed by atoms with van der Waals surface area (Å²) < 4.78 is 21.2. The van der Waals surface area contributed by atoms with Gasteiger partial charge in [-0.2, -0.15) is 10.1 Å². The highest BCUT2D eigenvalue weighted by atomic mass is 19.1. The van der Waals surface area contributed by atoms with E-state index in [0.717, 1.165) is 30.9 Å². The van der Waals surface area contributed by atoms with Gasteiger partial charge in [0.25, 0.3) is 0 Å². The lowest BCUT2D eigenvalue weighted by molar-refractivity contribution is 0.143. The van der Waals surface area contributed by atoms with Crippen LogP contribution in [-0.2, 0) is 20.0 Å². The van der Waals surface area contributed by atoms with Crippen molar-refractivity contribution in [2.75, 3.05) is 20.1 Å². The Morgan fingerprint density at radius 1 is 1.48 bits per heavy atom. The number of hydrogen-bond acceptors (Lipinski definition) is 6. The van der Waals surface area contributed by atoms with Crippen LogP contribution in [0.4, 0.5) is 4.39 Å². The molecule has 1 saturated heterocycles. The van der Waals surface area contributed by atoms with Crippen LogP contribution in [0, 0.1) is 0 Å². The summed E-state index contributed by atoms with van der Waals surface area (Å²) >= 11 is 0. The predicted molar refractivity (Wildman–Crippen MR) is 91.6 cm³/mol. The van der Waals surface area contributed by atoms with Gasteiger partial charge < -0.3 is 4.52 Å². The van der Waals surface area contributed by atoms with E-state index >= 15 is 0 Å². The third kappa shape index (κ3) is 4.24. The zero-order valence-corrected chi connectivity index (χ0v) is 15.4. The molecule has 0 aliphatic carbocycles. The number of aromatic nitrogens is 4. The molecule has 2 aromatic rings. The molecule has 2 aromatic heterocycles. The summed E-state index contributed by atoms with van der Waals surface area (Å²) in [5.41, 5.74) is 1.11. The summed E-state index contributed by atoms with van der Waals surface area (Å²) in [7, 11) is 3.92. The largest absolute Gasteiger partial charge is 0.338 e. The lowest BCUT2D eigenvalue weighted by Gasteiger charge is -2.30. The van der Waals surface area contributed by atoms with Crippen molar-refractivity contribution in [2.24, 2.45) is 7.05 Å². The molecule has 25 heavy (non-hydrogen) atoms. The minimum Gasteiger partial charge on any atom is -0.338 e. The van der Waals surface area contributed by atoms with Gasteiger partial charge in [0.2, 0.25) is 5.89 Å². The number of hydrogen-bond donors (Lipinski definition) is 0. The van der Waals surface area contributed by atoms with Gasteiger partial charge in [0.15, 0.2) is 5.82 Å². The number of alkyl halides is 1. The first kappa shape index (κ1) is 18.0. The van der Waals surface area contributed by atoms with Gasteiger partial charge in [0.05, 0.1) is 12.2 Å². The zero-order valence-electron chi connectivity index (χ0n) is 15.4. The molecular formula is C17H27FN6O. The van der Waals surface area contributed by atoms with E-state index in [2.05, 4.69) is 25.0 Å². The SMILES string of the molecule is CCc1noc(C(C)N(C)C[C@@H]2C[C@H](F)CN2Cc2cnn(C)c2)n1. The van der Waals surface area contributed by atoms with E-state index in [4.69, 9.17) is 4.52 Å².